The van der Waals surface area contributed by atoms with Crippen LogP contribution < -0.4 is 15.2 Å². The minimum absolute atomic E-state index is 0.710. The van der Waals surface area contributed by atoms with E-state index >= 15 is 0 Å². The van der Waals surface area contributed by atoms with Crippen LogP contribution >= 0.6 is 0 Å². The molecule has 0 unspecified atom stereocenters. The molecule has 0 aliphatic heterocycles. The Balaban J connectivity index is 2.08. The van der Waals surface area contributed by atoms with Crippen LogP contribution in [-0.2, 0) is 0 Å². The molecule has 2 N–H and O–H groups in total. The average Bonchev–Trinajstić information content (AvgIpc) is 2.53. The molecular formula is C18H17NO2. The standard InChI is InChI=1S/C18H17NO2/c1-20-15-6-5-12-9-14(4-3-13(12)10-15)17-8-7-16(21-2)11-18(17)19/h3-11H,19H2,1-2H3. The normalized spacial score (nSPS) is 10.6. The maximum atomic E-state index is 6.12. The fourth-order valence-corrected chi connectivity index (χ4v) is 2.45. The Morgan fingerprint density at radius 2 is 1.33 bits per heavy atom. The average molecular weight is 279 g/mol. The summed E-state index contributed by atoms with van der Waals surface area (Å²) >= 11 is 0. The van der Waals surface area contributed by atoms with Crippen LogP contribution in [0.3, 0.4) is 0 Å². The van der Waals surface area contributed by atoms with E-state index in [-0.39, 0.29) is 0 Å². The van der Waals surface area contributed by atoms with Crippen LogP contribution in [0.1, 0.15) is 0 Å². The number of nitrogens with two attached hydrogens (primary N) is 1. The first-order valence-electron chi connectivity index (χ1n) is 6.73. The summed E-state index contributed by atoms with van der Waals surface area (Å²) in [7, 11) is 3.31. The van der Waals surface area contributed by atoms with Gasteiger partial charge in [0.15, 0.2) is 0 Å². The van der Waals surface area contributed by atoms with Gasteiger partial charge < -0.3 is 15.2 Å². The highest BCUT2D eigenvalue weighted by Crippen LogP contribution is 2.32. The molecule has 0 fully saturated rings. The quantitative estimate of drug-likeness (QED) is 0.734. The number of hydrogen-bond donors (Lipinski definition) is 1. The van der Waals surface area contributed by atoms with Gasteiger partial charge in [0.1, 0.15) is 11.5 Å². The van der Waals surface area contributed by atoms with E-state index in [9.17, 15) is 0 Å². The number of benzene rings is 3. The highest BCUT2D eigenvalue weighted by molar-refractivity contribution is 5.90. The first kappa shape index (κ1) is 13.3. The smallest absolute Gasteiger partial charge is 0.120 e. The van der Waals surface area contributed by atoms with Crippen molar-refractivity contribution in [2.24, 2.45) is 0 Å². The second-order valence-electron chi connectivity index (χ2n) is 4.88. The van der Waals surface area contributed by atoms with Crippen LogP contribution in [0.2, 0.25) is 0 Å². The monoisotopic (exact) mass is 279 g/mol. The molecule has 3 rings (SSSR count). The van der Waals surface area contributed by atoms with Gasteiger partial charge in [0, 0.05) is 17.3 Å². The predicted molar refractivity (Wildman–Crippen MR) is 86.9 cm³/mol. The van der Waals surface area contributed by atoms with E-state index < -0.39 is 0 Å². The third-order valence-corrected chi connectivity index (χ3v) is 3.62. The van der Waals surface area contributed by atoms with Crippen molar-refractivity contribution in [3.8, 4) is 22.6 Å². The topological polar surface area (TPSA) is 44.5 Å². The minimum atomic E-state index is 0.710. The zero-order valence-electron chi connectivity index (χ0n) is 12.1. The summed E-state index contributed by atoms with van der Waals surface area (Å²) in [6.07, 6.45) is 0. The number of rotatable bonds is 3. The fourth-order valence-electron chi connectivity index (χ4n) is 2.45. The minimum Gasteiger partial charge on any atom is -0.497 e. The highest BCUT2D eigenvalue weighted by Gasteiger charge is 2.06. The van der Waals surface area contributed by atoms with E-state index in [1.807, 2.05) is 30.3 Å². The van der Waals surface area contributed by atoms with Crippen LogP contribution in [0, 0.1) is 0 Å². The van der Waals surface area contributed by atoms with E-state index in [4.69, 9.17) is 15.2 Å². The van der Waals surface area contributed by atoms with Gasteiger partial charge in [0.25, 0.3) is 0 Å². The molecule has 0 atom stereocenters. The molecule has 0 heterocycles. The molecule has 0 bridgehead atoms. The lowest BCUT2D eigenvalue weighted by Gasteiger charge is -2.10. The molecule has 0 radical (unpaired) electrons. The summed E-state index contributed by atoms with van der Waals surface area (Å²) in [6, 6.07) is 18.1. The van der Waals surface area contributed by atoms with Gasteiger partial charge in [-0.25, -0.2) is 0 Å². The Kier molecular flexibility index (Phi) is 3.40. The first-order valence-corrected chi connectivity index (χ1v) is 6.73. The van der Waals surface area contributed by atoms with Crippen molar-refractivity contribution < 1.29 is 9.47 Å². The number of methoxy groups -OCH3 is 2. The Morgan fingerprint density at radius 3 is 2.05 bits per heavy atom. The third-order valence-electron chi connectivity index (χ3n) is 3.62. The number of anilines is 1. The summed E-state index contributed by atoms with van der Waals surface area (Å²) in [5.74, 6) is 1.63. The lowest BCUT2D eigenvalue weighted by Crippen LogP contribution is -1.92. The van der Waals surface area contributed by atoms with E-state index in [2.05, 4.69) is 24.3 Å². The molecule has 0 aliphatic rings. The van der Waals surface area contributed by atoms with Crippen molar-refractivity contribution in [3.63, 3.8) is 0 Å². The molecule has 0 saturated carbocycles. The molecular weight excluding hydrogens is 262 g/mol. The maximum Gasteiger partial charge on any atom is 0.120 e. The largest absolute Gasteiger partial charge is 0.497 e. The van der Waals surface area contributed by atoms with Gasteiger partial charge in [-0.15, -0.1) is 0 Å². The maximum absolute atomic E-state index is 6.12. The molecule has 3 nitrogen and oxygen atoms in total. The summed E-state index contributed by atoms with van der Waals surface area (Å²) in [4.78, 5) is 0. The lowest BCUT2D eigenvalue weighted by molar-refractivity contribution is 0.415. The predicted octanol–water partition coefficient (Wildman–Crippen LogP) is 4.11. The summed E-state index contributed by atoms with van der Waals surface area (Å²) in [6.45, 7) is 0. The van der Waals surface area contributed by atoms with Gasteiger partial charge in [-0.05, 0) is 46.7 Å². The molecule has 3 aromatic carbocycles. The van der Waals surface area contributed by atoms with E-state index in [1.165, 1.54) is 0 Å². The van der Waals surface area contributed by atoms with Crippen molar-refractivity contribution in [3.05, 3.63) is 54.6 Å². The molecule has 3 aromatic rings. The van der Waals surface area contributed by atoms with Gasteiger partial charge >= 0.3 is 0 Å². The van der Waals surface area contributed by atoms with Crippen molar-refractivity contribution in [1.29, 1.82) is 0 Å². The van der Waals surface area contributed by atoms with Crippen LogP contribution in [0.15, 0.2) is 54.6 Å². The molecule has 21 heavy (non-hydrogen) atoms. The van der Waals surface area contributed by atoms with Crippen molar-refractivity contribution in [2.45, 2.75) is 0 Å². The Hall–Kier alpha value is -2.68. The number of nitrogen functional groups attached to an aromatic ring is 1. The zero-order valence-corrected chi connectivity index (χ0v) is 12.1. The molecule has 0 aromatic heterocycles. The molecule has 106 valence electrons. The molecule has 3 heteroatoms. The second-order valence-corrected chi connectivity index (χ2v) is 4.88. The molecule has 0 saturated heterocycles. The highest BCUT2D eigenvalue weighted by atomic mass is 16.5. The van der Waals surface area contributed by atoms with E-state index in [0.29, 0.717) is 5.69 Å². The Bertz CT molecular complexity index is 796. The third kappa shape index (κ3) is 2.50. The summed E-state index contributed by atoms with van der Waals surface area (Å²) < 4.78 is 10.4. The summed E-state index contributed by atoms with van der Waals surface area (Å²) in [5, 5.41) is 2.30. The van der Waals surface area contributed by atoms with Crippen LogP contribution in [0.25, 0.3) is 21.9 Å². The molecule has 0 amide bonds. The first-order chi connectivity index (χ1) is 10.2. The van der Waals surface area contributed by atoms with Crippen molar-refractivity contribution in [1.82, 2.24) is 0 Å². The van der Waals surface area contributed by atoms with Gasteiger partial charge in [0.05, 0.1) is 14.2 Å². The van der Waals surface area contributed by atoms with Crippen molar-refractivity contribution >= 4 is 16.5 Å². The summed E-state index contributed by atoms with van der Waals surface area (Å²) in [5.41, 5.74) is 8.93. The zero-order chi connectivity index (χ0) is 14.8. The fraction of sp³-hybridized carbons (Fsp3) is 0.111. The van der Waals surface area contributed by atoms with Gasteiger partial charge in [-0.3, -0.25) is 0 Å². The van der Waals surface area contributed by atoms with Gasteiger partial charge in [-0.2, -0.15) is 0 Å². The van der Waals surface area contributed by atoms with Gasteiger partial charge in [-0.1, -0.05) is 18.2 Å². The Labute approximate surface area is 123 Å². The second kappa shape index (κ2) is 5.37. The van der Waals surface area contributed by atoms with Crippen molar-refractivity contribution in [2.75, 3.05) is 20.0 Å². The SMILES string of the molecule is COc1ccc(-c2ccc3cc(OC)ccc3c2)c(N)c1. The molecule has 0 spiro atoms. The Morgan fingerprint density at radius 1 is 0.714 bits per heavy atom. The number of hydrogen-bond acceptors (Lipinski definition) is 3. The van der Waals surface area contributed by atoms with Crippen LogP contribution in [0.4, 0.5) is 5.69 Å². The number of ether oxygens (including phenoxy) is 2. The van der Waals surface area contributed by atoms with Crippen LogP contribution in [-0.4, -0.2) is 14.2 Å². The van der Waals surface area contributed by atoms with Crippen LogP contribution in [0.5, 0.6) is 11.5 Å². The van der Waals surface area contributed by atoms with E-state index in [0.717, 1.165) is 33.4 Å². The van der Waals surface area contributed by atoms with Gasteiger partial charge in [0.2, 0.25) is 0 Å². The van der Waals surface area contributed by atoms with E-state index in [1.54, 1.807) is 14.2 Å². The molecule has 0 aliphatic carbocycles. The lowest BCUT2D eigenvalue weighted by atomic mass is 10.00. The number of fused-ring (bicyclic) bond motifs is 1.